The van der Waals surface area contributed by atoms with Gasteiger partial charge in [0.1, 0.15) is 5.82 Å². The quantitative estimate of drug-likeness (QED) is 0.888. The third kappa shape index (κ3) is 3.65. The second-order valence-corrected chi connectivity index (χ2v) is 6.67. The minimum absolute atomic E-state index is 0.111. The summed E-state index contributed by atoms with van der Waals surface area (Å²) >= 11 is 11.6. The summed E-state index contributed by atoms with van der Waals surface area (Å²) in [6, 6.07) is 7.42. The zero-order chi connectivity index (χ0) is 15.6. The molecule has 0 saturated heterocycles. The van der Waals surface area contributed by atoms with E-state index in [1.807, 2.05) is 0 Å². The predicted molar refractivity (Wildman–Crippen MR) is 79.6 cm³/mol. The largest absolute Gasteiger partial charge is 0.392 e. The van der Waals surface area contributed by atoms with Gasteiger partial charge >= 0.3 is 0 Å². The highest BCUT2D eigenvalue weighted by Crippen LogP contribution is 2.28. The normalized spacial score (nSPS) is 11.4. The summed E-state index contributed by atoms with van der Waals surface area (Å²) in [4.78, 5) is -0.182. The second-order valence-electron chi connectivity index (χ2n) is 4.14. The number of anilines is 1. The first-order chi connectivity index (χ1) is 9.83. The van der Waals surface area contributed by atoms with E-state index in [1.54, 1.807) is 0 Å². The summed E-state index contributed by atoms with van der Waals surface area (Å²) < 4.78 is 40.0. The van der Waals surface area contributed by atoms with Crippen molar-refractivity contribution >= 4 is 38.9 Å². The first kappa shape index (κ1) is 16.0. The maximum atomic E-state index is 13.3. The SMILES string of the molecule is O=S(=O)(Nc1ccc(Cl)cc1Cl)c1ccc(F)c(CO)c1. The van der Waals surface area contributed by atoms with Crippen molar-refractivity contribution in [2.75, 3.05) is 4.72 Å². The molecule has 0 bridgehead atoms. The molecule has 2 aromatic rings. The molecule has 2 aromatic carbocycles. The van der Waals surface area contributed by atoms with E-state index in [1.165, 1.54) is 18.2 Å². The molecule has 0 atom stereocenters. The zero-order valence-electron chi connectivity index (χ0n) is 10.5. The fraction of sp³-hybridized carbons (Fsp3) is 0.0769. The molecule has 2 rings (SSSR count). The first-order valence-corrected chi connectivity index (χ1v) is 7.94. The number of benzene rings is 2. The van der Waals surface area contributed by atoms with Crippen LogP contribution < -0.4 is 4.72 Å². The van der Waals surface area contributed by atoms with Crippen LogP contribution in [0.2, 0.25) is 10.0 Å². The Morgan fingerprint density at radius 1 is 1.14 bits per heavy atom. The summed E-state index contributed by atoms with van der Waals surface area (Å²) in [5.41, 5.74) is 0.0380. The monoisotopic (exact) mass is 349 g/mol. The second kappa shape index (κ2) is 6.19. The molecular weight excluding hydrogens is 340 g/mol. The first-order valence-electron chi connectivity index (χ1n) is 5.70. The Morgan fingerprint density at radius 3 is 2.48 bits per heavy atom. The van der Waals surface area contributed by atoms with Crippen molar-refractivity contribution in [3.63, 3.8) is 0 Å². The third-order valence-corrected chi connectivity index (χ3v) is 4.58. The van der Waals surface area contributed by atoms with Gasteiger partial charge in [-0.1, -0.05) is 23.2 Å². The summed E-state index contributed by atoms with van der Waals surface area (Å²) in [5.74, 6) is -0.680. The van der Waals surface area contributed by atoms with Gasteiger partial charge in [-0.3, -0.25) is 4.72 Å². The molecule has 0 heterocycles. The summed E-state index contributed by atoms with van der Waals surface area (Å²) in [6.45, 7) is -0.600. The van der Waals surface area contributed by atoms with E-state index in [0.717, 1.165) is 18.2 Å². The highest BCUT2D eigenvalue weighted by Gasteiger charge is 2.17. The number of aliphatic hydroxyl groups is 1. The predicted octanol–water partition coefficient (Wildman–Crippen LogP) is 3.43. The smallest absolute Gasteiger partial charge is 0.261 e. The van der Waals surface area contributed by atoms with Crippen molar-refractivity contribution in [1.29, 1.82) is 0 Å². The van der Waals surface area contributed by atoms with Crippen molar-refractivity contribution in [3.8, 4) is 0 Å². The van der Waals surface area contributed by atoms with E-state index < -0.39 is 22.4 Å². The van der Waals surface area contributed by atoms with Crippen LogP contribution in [0.1, 0.15) is 5.56 Å². The topological polar surface area (TPSA) is 66.4 Å². The van der Waals surface area contributed by atoms with E-state index in [2.05, 4.69) is 4.72 Å². The van der Waals surface area contributed by atoms with Crippen LogP contribution in [0.4, 0.5) is 10.1 Å². The van der Waals surface area contributed by atoms with Crippen LogP contribution in [0.25, 0.3) is 0 Å². The number of aliphatic hydroxyl groups excluding tert-OH is 1. The van der Waals surface area contributed by atoms with Gasteiger partial charge in [-0.15, -0.1) is 0 Å². The van der Waals surface area contributed by atoms with Crippen molar-refractivity contribution in [3.05, 3.63) is 57.8 Å². The lowest BCUT2D eigenvalue weighted by Crippen LogP contribution is -2.14. The molecule has 0 spiro atoms. The maximum Gasteiger partial charge on any atom is 0.261 e. The summed E-state index contributed by atoms with van der Waals surface area (Å²) in [6.07, 6.45) is 0. The Morgan fingerprint density at radius 2 is 1.86 bits per heavy atom. The van der Waals surface area contributed by atoms with Crippen molar-refractivity contribution in [2.45, 2.75) is 11.5 Å². The molecule has 0 saturated carbocycles. The Balaban J connectivity index is 2.38. The zero-order valence-corrected chi connectivity index (χ0v) is 12.8. The highest BCUT2D eigenvalue weighted by molar-refractivity contribution is 7.92. The van der Waals surface area contributed by atoms with Gasteiger partial charge in [0.15, 0.2) is 0 Å². The van der Waals surface area contributed by atoms with Crippen LogP contribution in [-0.4, -0.2) is 13.5 Å². The summed E-state index contributed by atoms with van der Waals surface area (Å²) in [5, 5.41) is 9.48. The lowest BCUT2D eigenvalue weighted by atomic mass is 10.2. The number of sulfonamides is 1. The van der Waals surface area contributed by atoms with Crippen molar-refractivity contribution in [2.24, 2.45) is 0 Å². The number of halogens is 3. The molecule has 2 N–H and O–H groups in total. The van der Waals surface area contributed by atoms with Gasteiger partial charge in [0.05, 0.1) is 22.2 Å². The van der Waals surface area contributed by atoms with Crippen LogP contribution in [0.15, 0.2) is 41.3 Å². The highest BCUT2D eigenvalue weighted by atomic mass is 35.5. The van der Waals surface area contributed by atoms with Gasteiger partial charge in [0.2, 0.25) is 0 Å². The molecule has 0 aliphatic heterocycles. The molecule has 0 aliphatic carbocycles. The van der Waals surface area contributed by atoms with E-state index in [0.29, 0.717) is 5.02 Å². The van der Waals surface area contributed by atoms with Crippen molar-refractivity contribution < 1.29 is 17.9 Å². The lowest BCUT2D eigenvalue weighted by Gasteiger charge is -2.11. The Hall–Kier alpha value is -1.34. The van der Waals surface area contributed by atoms with Gasteiger partial charge in [0, 0.05) is 10.6 Å². The molecule has 8 heteroatoms. The van der Waals surface area contributed by atoms with Crippen LogP contribution in [0.3, 0.4) is 0 Å². The molecule has 0 aromatic heterocycles. The van der Waals surface area contributed by atoms with E-state index >= 15 is 0 Å². The fourth-order valence-electron chi connectivity index (χ4n) is 1.62. The van der Waals surface area contributed by atoms with Crippen molar-refractivity contribution in [1.82, 2.24) is 0 Å². The van der Waals surface area contributed by atoms with Crippen LogP contribution in [-0.2, 0) is 16.6 Å². The Bertz CT molecular complexity index is 781. The molecule has 4 nitrogen and oxygen atoms in total. The maximum absolute atomic E-state index is 13.3. The van der Waals surface area contributed by atoms with Gasteiger partial charge in [0.25, 0.3) is 10.0 Å². The molecule has 112 valence electrons. The van der Waals surface area contributed by atoms with Gasteiger partial charge in [-0.25, -0.2) is 12.8 Å². The third-order valence-electron chi connectivity index (χ3n) is 2.67. The van der Waals surface area contributed by atoms with E-state index in [9.17, 15) is 12.8 Å². The molecule has 0 aliphatic rings. The average molecular weight is 350 g/mol. The standard InChI is InChI=1S/C13H10Cl2FNO3S/c14-9-1-4-13(11(15)6-9)17-21(19,20)10-2-3-12(16)8(5-10)7-18/h1-6,17-18H,7H2. The number of nitrogens with one attached hydrogen (secondary N) is 1. The van der Waals surface area contributed by atoms with E-state index in [4.69, 9.17) is 28.3 Å². The molecule has 0 unspecified atom stereocenters. The Labute approximate surface area is 131 Å². The van der Waals surface area contributed by atoms with E-state index in [-0.39, 0.29) is 21.2 Å². The van der Waals surface area contributed by atoms with Gasteiger partial charge in [-0.2, -0.15) is 0 Å². The minimum Gasteiger partial charge on any atom is -0.392 e. The number of rotatable bonds is 4. The average Bonchev–Trinajstić information content (AvgIpc) is 2.42. The van der Waals surface area contributed by atoms with Gasteiger partial charge in [-0.05, 0) is 36.4 Å². The van der Waals surface area contributed by atoms with Crippen LogP contribution in [0.5, 0.6) is 0 Å². The summed E-state index contributed by atoms with van der Waals surface area (Å²) in [7, 11) is -3.95. The van der Waals surface area contributed by atoms with Gasteiger partial charge < -0.3 is 5.11 Å². The fourth-order valence-corrected chi connectivity index (χ4v) is 3.26. The molecule has 0 amide bonds. The van der Waals surface area contributed by atoms with Crippen LogP contribution >= 0.6 is 23.2 Å². The molecule has 21 heavy (non-hydrogen) atoms. The molecule has 0 fully saturated rings. The lowest BCUT2D eigenvalue weighted by molar-refractivity contribution is 0.275. The molecule has 0 radical (unpaired) electrons. The molecular formula is C13H10Cl2FNO3S. The number of hydrogen-bond donors (Lipinski definition) is 2. The minimum atomic E-state index is -3.95. The number of hydrogen-bond acceptors (Lipinski definition) is 3. The Kier molecular flexibility index (Phi) is 4.73. The van der Waals surface area contributed by atoms with Crippen LogP contribution in [0, 0.1) is 5.82 Å².